The van der Waals surface area contributed by atoms with Crippen LogP contribution < -0.4 is 5.32 Å². The van der Waals surface area contributed by atoms with Crippen molar-refractivity contribution in [3.8, 4) is 0 Å². The van der Waals surface area contributed by atoms with E-state index >= 15 is 0 Å². The normalized spacial score (nSPS) is 11.8. The van der Waals surface area contributed by atoms with E-state index in [4.69, 9.17) is 10.2 Å². The molecule has 0 amide bonds. The van der Waals surface area contributed by atoms with Crippen molar-refractivity contribution in [2.24, 2.45) is 0 Å². The predicted molar refractivity (Wildman–Crippen MR) is 38.0 cm³/mol. The molecule has 56 valence electrons. The van der Waals surface area contributed by atoms with Crippen molar-refractivity contribution in [2.75, 3.05) is 13.7 Å². The SMILES string of the molecule is CNC(CO)C(=O)O.S. The molecule has 0 aromatic rings. The lowest BCUT2D eigenvalue weighted by atomic mass is 10.3. The second-order valence-electron chi connectivity index (χ2n) is 1.36. The van der Waals surface area contributed by atoms with E-state index in [1.54, 1.807) is 0 Å². The maximum absolute atomic E-state index is 9.94. The summed E-state index contributed by atoms with van der Waals surface area (Å²) in [6, 6.07) is -0.824. The van der Waals surface area contributed by atoms with Crippen LogP contribution in [-0.2, 0) is 4.79 Å². The molecule has 0 radical (unpaired) electrons. The van der Waals surface area contributed by atoms with Gasteiger partial charge in [-0.05, 0) is 7.05 Å². The maximum Gasteiger partial charge on any atom is 0.323 e. The third-order valence-electron chi connectivity index (χ3n) is 0.829. The van der Waals surface area contributed by atoms with Gasteiger partial charge in [-0.25, -0.2) is 0 Å². The number of carboxylic acid groups (broad SMARTS) is 1. The van der Waals surface area contributed by atoms with Crippen LogP contribution in [0.4, 0.5) is 0 Å². The first-order valence-electron chi connectivity index (χ1n) is 2.23. The molecule has 0 aromatic heterocycles. The molecule has 1 atom stereocenters. The fourth-order valence-corrected chi connectivity index (χ4v) is 0.293. The zero-order chi connectivity index (χ0) is 6.57. The van der Waals surface area contributed by atoms with Crippen molar-refractivity contribution in [1.82, 2.24) is 5.32 Å². The molecule has 3 N–H and O–H groups in total. The van der Waals surface area contributed by atoms with Gasteiger partial charge < -0.3 is 15.5 Å². The highest BCUT2D eigenvalue weighted by atomic mass is 32.1. The molecule has 4 nitrogen and oxygen atoms in total. The van der Waals surface area contributed by atoms with Crippen molar-refractivity contribution in [3.63, 3.8) is 0 Å². The van der Waals surface area contributed by atoms with E-state index in [0.29, 0.717) is 0 Å². The van der Waals surface area contributed by atoms with E-state index in [9.17, 15) is 4.79 Å². The van der Waals surface area contributed by atoms with Crippen LogP contribution in [0.25, 0.3) is 0 Å². The molecule has 0 aliphatic carbocycles. The van der Waals surface area contributed by atoms with Gasteiger partial charge >= 0.3 is 5.97 Å². The summed E-state index contributed by atoms with van der Waals surface area (Å²) in [5, 5.41) is 18.8. The molecule has 0 spiro atoms. The zero-order valence-electron chi connectivity index (χ0n) is 5.09. The Morgan fingerprint density at radius 1 is 1.78 bits per heavy atom. The van der Waals surface area contributed by atoms with E-state index in [2.05, 4.69) is 5.32 Å². The molecule has 0 aliphatic heterocycles. The number of likely N-dealkylation sites (N-methyl/N-ethyl adjacent to an activating group) is 1. The van der Waals surface area contributed by atoms with Crippen molar-refractivity contribution in [1.29, 1.82) is 0 Å². The highest BCUT2D eigenvalue weighted by Crippen LogP contribution is 1.76. The van der Waals surface area contributed by atoms with Gasteiger partial charge in [-0.3, -0.25) is 4.79 Å². The van der Waals surface area contributed by atoms with Crippen LogP contribution >= 0.6 is 13.5 Å². The Morgan fingerprint density at radius 3 is 2.22 bits per heavy atom. The molecule has 5 heteroatoms. The molecule has 1 unspecified atom stereocenters. The van der Waals surface area contributed by atoms with Crippen molar-refractivity contribution < 1.29 is 15.0 Å². The van der Waals surface area contributed by atoms with Gasteiger partial charge in [-0.15, -0.1) is 0 Å². The lowest BCUT2D eigenvalue weighted by molar-refractivity contribution is -0.140. The molecule has 0 rings (SSSR count). The van der Waals surface area contributed by atoms with Gasteiger partial charge in [0, 0.05) is 0 Å². The molecule has 0 heterocycles. The summed E-state index contributed by atoms with van der Waals surface area (Å²) in [7, 11) is 1.48. The number of carbonyl (C=O) groups is 1. The largest absolute Gasteiger partial charge is 0.480 e. The Labute approximate surface area is 60.3 Å². The van der Waals surface area contributed by atoms with E-state index in [1.807, 2.05) is 0 Å². The van der Waals surface area contributed by atoms with E-state index in [0.717, 1.165) is 0 Å². The lowest BCUT2D eigenvalue weighted by Crippen LogP contribution is -2.36. The molecule has 9 heavy (non-hydrogen) atoms. The Morgan fingerprint density at radius 2 is 2.22 bits per heavy atom. The summed E-state index contributed by atoms with van der Waals surface area (Å²) in [4.78, 5) is 9.94. The molecular formula is C4H11NO3S. The number of aliphatic hydroxyl groups excluding tert-OH is 1. The van der Waals surface area contributed by atoms with Gasteiger partial charge in [0.05, 0.1) is 6.61 Å². The van der Waals surface area contributed by atoms with Gasteiger partial charge in [0.15, 0.2) is 0 Å². The minimum absolute atomic E-state index is 0. The third-order valence-corrected chi connectivity index (χ3v) is 0.829. The fourth-order valence-electron chi connectivity index (χ4n) is 0.293. The summed E-state index contributed by atoms with van der Waals surface area (Å²) in [5.74, 6) is -1.03. The van der Waals surface area contributed by atoms with Crippen molar-refractivity contribution >= 4 is 19.5 Å². The Balaban J connectivity index is 0. The molecular weight excluding hydrogens is 142 g/mol. The first-order valence-corrected chi connectivity index (χ1v) is 2.23. The molecule has 0 saturated carbocycles. The summed E-state index contributed by atoms with van der Waals surface area (Å²) < 4.78 is 0. The molecule has 0 fully saturated rings. The molecule has 0 saturated heterocycles. The quantitative estimate of drug-likeness (QED) is 0.474. The average Bonchev–Trinajstić information content (AvgIpc) is 1.69. The second kappa shape index (κ2) is 5.87. The number of hydrogen-bond acceptors (Lipinski definition) is 3. The van der Waals surface area contributed by atoms with Crippen molar-refractivity contribution in [3.05, 3.63) is 0 Å². The number of nitrogens with one attached hydrogen (secondary N) is 1. The van der Waals surface area contributed by atoms with Gasteiger partial charge in [-0.2, -0.15) is 13.5 Å². The van der Waals surface area contributed by atoms with Crippen LogP contribution in [0.5, 0.6) is 0 Å². The van der Waals surface area contributed by atoms with E-state index in [1.165, 1.54) is 7.05 Å². The summed E-state index contributed by atoms with van der Waals surface area (Å²) >= 11 is 0. The molecule has 0 aromatic carbocycles. The molecule has 0 bridgehead atoms. The zero-order valence-corrected chi connectivity index (χ0v) is 6.09. The number of rotatable bonds is 3. The average molecular weight is 153 g/mol. The minimum atomic E-state index is -1.03. The van der Waals surface area contributed by atoms with Crippen LogP contribution in [0.2, 0.25) is 0 Å². The number of hydrogen-bond donors (Lipinski definition) is 3. The Bertz CT molecular complexity index is 83.9. The number of aliphatic hydroxyl groups is 1. The smallest absolute Gasteiger partial charge is 0.323 e. The molecule has 0 aliphatic rings. The van der Waals surface area contributed by atoms with Gasteiger partial charge in [-0.1, -0.05) is 0 Å². The van der Waals surface area contributed by atoms with Crippen LogP contribution in [0.3, 0.4) is 0 Å². The summed E-state index contributed by atoms with van der Waals surface area (Å²) in [6.07, 6.45) is 0. The highest BCUT2D eigenvalue weighted by Gasteiger charge is 2.11. The van der Waals surface area contributed by atoms with Crippen molar-refractivity contribution in [2.45, 2.75) is 6.04 Å². The standard InChI is InChI=1S/C4H9NO3.H2S/c1-5-3(2-6)4(7)8;/h3,5-6H,2H2,1H3,(H,7,8);1H2. The van der Waals surface area contributed by atoms with Crippen LogP contribution in [-0.4, -0.2) is 35.9 Å². The highest BCUT2D eigenvalue weighted by molar-refractivity contribution is 7.59. The first-order chi connectivity index (χ1) is 3.72. The Hall–Kier alpha value is -0.260. The van der Waals surface area contributed by atoms with Gasteiger partial charge in [0.2, 0.25) is 0 Å². The lowest BCUT2D eigenvalue weighted by Gasteiger charge is -2.04. The first kappa shape index (κ1) is 11.5. The predicted octanol–water partition coefficient (Wildman–Crippen LogP) is -1.24. The fraction of sp³-hybridized carbons (Fsp3) is 0.750. The second-order valence-corrected chi connectivity index (χ2v) is 1.36. The van der Waals surface area contributed by atoms with Crippen LogP contribution in [0.1, 0.15) is 0 Å². The van der Waals surface area contributed by atoms with Crippen LogP contribution in [0.15, 0.2) is 0 Å². The van der Waals surface area contributed by atoms with Crippen LogP contribution in [0, 0.1) is 0 Å². The summed E-state index contributed by atoms with van der Waals surface area (Å²) in [5.41, 5.74) is 0. The monoisotopic (exact) mass is 153 g/mol. The Kier molecular flexibility index (Phi) is 7.52. The van der Waals surface area contributed by atoms with E-state index in [-0.39, 0.29) is 20.1 Å². The third kappa shape index (κ3) is 4.26. The number of carboxylic acids is 1. The number of aliphatic carboxylic acids is 1. The minimum Gasteiger partial charge on any atom is -0.480 e. The van der Waals surface area contributed by atoms with Gasteiger partial charge in [0.1, 0.15) is 6.04 Å². The summed E-state index contributed by atoms with van der Waals surface area (Å²) in [6.45, 7) is -0.369. The van der Waals surface area contributed by atoms with E-state index < -0.39 is 12.0 Å². The van der Waals surface area contributed by atoms with Gasteiger partial charge in [0.25, 0.3) is 0 Å². The topological polar surface area (TPSA) is 69.6 Å². The maximum atomic E-state index is 9.94.